The maximum Gasteiger partial charge on any atom is 0.216 e. The Morgan fingerprint density at radius 1 is 1.62 bits per heavy atom. The molecule has 4 nitrogen and oxygen atoms in total. The van der Waals surface area contributed by atoms with Gasteiger partial charge in [-0.2, -0.15) is 5.26 Å². The van der Waals surface area contributed by atoms with Gasteiger partial charge in [-0.15, -0.1) is 0 Å². The fraction of sp³-hybridized carbons (Fsp3) is 0.250. The SMILES string of the molecule is N#Cc1cc(Cl)nc(OCCO)c1. The second kappa shape index (κ2) is 4.65. The second-order valence-corrected chi connectivity index (χ2v) is 2.59. The number of halogens is 1. The van der Waals surface area contributed by atoms with Gasteiger partial charge in [-0.05, 0) is 6.07 Å². The van der Waals surface area contributed by atoms with Crippen molar-refractivity contribution in [3.63, 3.8) is 0 Å². The number of hydrogen-bond donors (Lipinski definition) is 1. The van der Waals surface area contributed by atoms with Gasteiger partial charge < -0.3 is 9.84 Å². The van der Waals surface area contributed by atoms with Crippen LogP contribution in [-0.4, -0.2) is 23.3 Å². The predicted molar refractivity (Wildman–Crippen MR) is 46.5 cm³/mol. The average Bonchev–Trinajstić information content (AvgIpc) is 2.14. The van der Waals surface area contributed by atoms with Gasteiger partial charge in [-0.3, -0.25) is 0 Å². The van der Waals surface area contributed by atoms with Crippen LogP contribution in [0.15, 0.2) is 12.1 Å². The van der Waals surface area contributed by atoms with Crippen molar-refractivity contribution in [1.82, 2.24) is 4.98 Å². The van der Waals surface area contributed by atoms with E-state index < -0.39 is 0 Å². The molecule has 0 spiro atoms. The van der Waals surface area contributed by atoms with E-state index in [4.69, 9.17) is 26.7 Å². The zero-order chi connectivity index (χ0) is 9.68. The highest BCUT2D eigenvalue weighted by atomic mass is 35.5. The molecule has 0 aromatic carbocycles. The Bertz CT molecular complexity index is 335. The molecule has 0 amide bonds. The Labute approximate surface area is 80.3 Å². The smallest absolute Gasteiger partial charge is 0.216 e. The number of aliphatic hydroxyl groups is 1. The summed E-state index contributed by atoms with van der Waals surface area (Å²) in [6.07, 6.45) is 0. The minimum atomic E-state index is -0.101. The Hall–Kier alpha value is -1.31. The van der Waals surface area contributed by atoms with Crippen LogP contribution in [0.1, 0.15) is 5.56 Å². The van der Waals surface area contributed by atoms with Crippen LogP contribution >= 0.6 is 11.6 Å². The maximum absolute atomic E-state index is 8.57. The molecule has 0 aliphatic rings. The van der Waals surface area contributed by atoms with E-state index in [1.54, 1.807) is 0 Å². The fourth-order valence-corrected chi connectivity index (χ4v) is 0.962. The summed E-state index contributed by atoms with van der Waals surface area (Å²) in [6, 6.07) is 4.82. The van der Waals surface area contributed by atoms with Crippen LogP contribution in [0, 0.1) is 11.3 Å². The monoisotopic (exact) mass is 198 g/mol. The van der Waals surface area contributed by atoms with Gasteiger partial charge in [0.05, 0.1) is 18.2 Å². The summed E-state index contributed by atoms with van der Waals surface area (Å²) in [5.41, 5.74) is 0.382. The number of aliphatic hydroxyl groups excluding tert-OH is 1. The molecule has 1 N–H and O–H groups in total. The van der Waals surface area contributed by atoms with Crippen molar-refractivity contribution in [2.45, 2.75) is 0 Å². The van der Waals surface area contributed by atoms with E-state index in [1.807, 2.05) is 6.07 Å². The van der Waals surface area contributed by atoms with Crippen molar-refractivity contribution in [3.8, 4) is 11.9 Å². The van der Waals surface area contributed by atoms with Crippen LogP contribution in [0.2, 0.25) is 5.15 Å². The summed E-state index contributed by atoms with van der Waals surface area (Å²) in [4.78, 5) is 3.80. The molecule has 1 heterocycles. The first kappa shape index (κ1) is 9.78. The largest absolute Gasteiger partial charge is 0.475 e. The van der Waals surface area contributed by atoms with Gasteiger partial charge in [0.15, 0.2) is 0 Å². The molecule has 0 atom stereocenters. The highest BCUT2D eigenvalue weighted by molar-refractivity contribution is 6.29. The Balaban J connectivity index is 2.83. The number of ether oxygens (including phenoxy) is 1. The van der Waals surface area contributed by atoms with Gasteiger partial charge in [-0.1, -0.05) is 11.6 Å². The molecule has 0 saturated heterocycles. The molecule has 0 unspecified atom stereocenters. The molecule has 68 valence electrons. The van der Waals surface area contributed by atoms with Crippen molar-refractivity contribution < 1.29 is 9.84 Å². The van der Waals surface area contributed by atoms with Crippen LogP contribution < -0.4 is 4.74 Å². The highest BCUT2D eigenvalue weighted by Crippen LogP contribution is 2.15. The molecule has 5 heteroatoms. The zero-order valence-electron chi connectivity index (χ0n) is 6.70. The van der Waals surface area contributed by atoms with Crippen LogP contribution in [0.5, 0.6) is 5.88 Å². The van der Waals surface area contributed by atoms with Crippen LogP contribution in [0.4, 0.5) is 0 Å². The molecule has 1 aromatic rings. The third-order valence-corrected chi connectivity index (χ3v) is 1.43. The van der Waals surface area contributed by atoms with Crippen molar-refractivity contribution >= 4 is 11.6 Å². The molecule has 0 saturated carbocycles. The number of aromatic nitrogens is 1. The topological polar surface area (TPSA) is 66.1 Å². The minimum absolute atomic E-state index is 0.101. The van der Waals surface area contributed by atoms with Crippen molar-refractivity contribution in [1.29, 1.82) is 5.26 Å². The normalized spacial score (nSPS) is 9.31. The first-order valence-electron chi connectivity index (χ1n) is 3.57. The first-order chi connectivity index (χ1) is 6.26. The van der Waals surface area contributed by atoms with Crippen molar-refractivity contribution in [3.05, 3.63) is 22.8 Å². The molecule has 1 aromatic heterocycles. The van der Waals surface area contributed by atoms with Crippen molar-refractivity contribution in [2.75, 3.05) is 13.2 Å². The Morgan fingerprint density at radius 2 is 2.38 bits per heavy atom. The molecule has 0 aliphatic carbocycles. The van der Waals surface area contributed by atoms with E-state index >= 15 is 0 Å². The maximum atomic E-state index is 8.57. The van der Waals surface area contributed by atoms with E-state index in [1.165, 1.54) is 12.1 Å². The number of rotatable bonds is 3. The zero-order valence-corrected chi connectivity index (χ0v) is 7.45. The standard InChI is InChI=1S/C8H7ClN2O2/c9-7-3-6(5-10)4-8(11-7)13-2-1-12/h3-4,12H,1-2H2. The van der Waals surface area contributed by atoms with Gasteiger partial charge in [0.2, 0.25) is 5.88 Å². The Morgan fingerprint density at radius 3 is 3.00 bits per heavy atom. The van der Waals surface area contributed by atoms with E-state index in [-0.39, 0.29) is 24.2 Å². The molecule has 0 bridgehead atoms. The van der Waals surface area contributed by atoms with Crippen LogP contribution in [-0.2, 0) is 0 Å². The first-order valence-corrected chi connectivity index (χ1v) is 3.95. The fourth-order valence-electron chi connectivity index (χ4n) is 0.762. The van der Waals surface area contributed by atoms with Gasteiger partial charge in [0.1, 0.15) is 11.8 Å². The third kappa shape index (κ3) is 2.90. The summed E-state index contributed by atoms with van der Waals surface area (Å²) in [7, 11) is 0. The number of nitriles is 1. The predicted octanol–water partition coefficient (Wildman–Crippen LogP) is 0.978. The Kier molecular flexibility index (Phi) is 3.50. The second-order valence-electron chi connectivity index (χ2n) is 2.20. The summed E-state index contributed by atoms with van der Waals surface area (Å²) >= 11 is 5.60. The summed E-state index contributed by atoms with van der Waals surface area (Å²) in [5.74, 6) is 0.248. The molecular formula is C8H7ClN2O2. The van der Waals surface area contributed by atoms with E-state index in [2.05, 4.69) is 4.98 Å². The number of pyridine rings is 1. The molecule has 0 fully saturated rings. The molecular weight excluding hydrogens is 192 g/mol. The minimum Gasteiger partial charge on any atom is -0.475 e. The summed E-state index contributed by atoms with van der Waals surface area (Å²) in [6.45, 7) is 0.0360. The van der Waals surface area contributed by atoms with Crippen molar-refractivity contribution in [2.24, 2.45) is 0 Å². The third-order valence-electron chi connectivity index (χ3n) is 1.24. The van der Waals surface area contributed by atoms with Gasteiger partial charge in [0.25, 0.3) is 0 Å². The lowest BCUT2D eigenvalue weighted by molar-refractivity contribution is 0.196. The summed E-state index contributed by atoms with van der Waals surface area (Å²) < 4.78 is 4.98. The van der Waals surface area contributed by atoms with E-state index in [0.29, 0.717) is 5.56 Å². The highest BCUT2D eigenvalue weighted by Gasteiger charge is 2.00. The summed E-state index contributed by atoms with van der Waals surface area (Å²) in [5, 5.41) is 17.2. The van der Waals surface area contributed by atoms with Gasteiger partial charge in [-0.25, -0.2) is 4.98 Å². The molecule has 0 radical (unpaired) electrons. The van der Waals surface area contributed by atoms with Gasteiger partial charge in [0, 0.05) is 6.07 Å². The van der Waals surface area contributed by atoms with E-state index in [0.717, 1.165) is 0 Å². The lowest BCUT2D eigenvalue weighted by Crippen LogP contribution is -2.03. The lowest BCUT2D eigenvalue weighted by Gasteiger charge is -2.02. The van der Waals surface area contributed by atoms with Crippen LogP contribution in [0.3, 0.4) is 0 Å². The molecule has 13 heavy (non-hydrogen) atoms. The average molecular weight is 199 g/mol. The van der Waals surface area contributed by atoms with Crippen LogP contribution in [0.25, 0.3) is 0 Å². The molecule has 0 aliphatic heterocycles. The lowest BCUT2D eigenvalue weighted by atomic mass is 10.3. The molecule has 1 rings (SSSR count). The van der Waals surface area contributed by atoms with Gasteiger partial charge >= 0.3 is 0 Å². The number of hydrogen-bond acceptors (Lipinski definition) is 4. The quantitative estimate of drug-likeness (QED) is 0.736. The number of nitrogens with zero attached hydrogens (tertiary/aromatic N) is 2. The van der Waals surface area contributed by atoms with E-state index in [9.17, 15) is 0 Å².